The van der Waals surface area contributed by atoms with Crippen LogP contribution in [0.3, 0.4) is 0 Å². The lowest BCUT2D eigenvalue weighted by Gasteiger charge is -2.27. The number of nitrogens with zero attached hydrogens (tertiary/aromatic N) is 1. The number of aliphatic hydroxyl groups is 1. The van der Waals surface area contributed by atoms with Crippen molar-refractivity contribution in [2.24, 2.45) is 0 Å². The van der Waals surface area contributed by atoms with Crippen molar-refractivity contribution >= 4 is 28.3 Å². The average molecular weight is 453 g/mol. The number of amides is 1. The largest absolute Gasteiger partial charge is 0.503 e. The number of para-hydroxylation sites is 1. The van der Waals surface area contributed by atoms with Crippen LogP contribution in [0, 0.1) is 13.8 Å². The van der Waals surface area contributed by atoms with Crippen molar-refractivity contribution in [2.45, 2.75) is 19.9 Å². The molecule has 1 aromatic heterocycles. The first kappa shape index (κ1) is 21.5. The molecule has 1 N–H and O–H groups in total. The lowest BCUT2D eigenvalue weighted by Crippen LogP contribution is -2.31. The van der Waals surface area contributed by atoms with Gasteiger partial charge in [-0.25, -0.2) is 0 Å². The van der Waals surface area contributed by atoms with E-state index in [9.17, 15) is 14.7 Å². The number of furan rings is 1. The van der Waals surface area contributed by atoms with Crippen LogP contribution in [0.15, 0.2) is 88.5 Å². The van der Waals surface area contributed by atoms with Gasteiger partial charge in [0.25, 0.3) is 5.91 Å². The minimum Gasteiger partial charge on any atom is -0.503 e. The molecule has 4 aromatic rings. The number of aliphatic hydroxyl groups excluding tert-OH is 1. The fourth-order valence-electron chi connectivity index (χ4n) is 4.55. The van der Waals surface area contributed by atoms with E-state index in [0.717, 1.165) is 16.5 Å². The summed E-state index contributed by atoms with van der Waals surface area (Å²) in [6.45, 7) is 3.87. The van der Waals surface area contributed by atoms with Gasteiger partial charge in [-0.05, 0) is 66.9 Å². The van der Waals surface area contributed by atoms with Crippen LogP contribution >= 0.6 is 0 Å². The number of fused-ring (bicyclic) bond motifs is 1. The van der Waals surface area contributed by atoms with E-state index in [1.807, 2.05) is 50.2 Å². The molecule has 0 saturated heterocycles. The quantitative estimate of drug-likeness (QED) is 0.384. The fraction of sp³-hybridized carbons (Fsp3) is 0.143. The highest BCUT2D eigenvalue weighted by molar-refractivity contribution is 6.20. The molecule has 0 aliphatic carbocycles. The van der Waals surface area contributed by atoms with Gasteiger partial charge in [-0.2, -0.15) is 0 Å². The second-order valence-corrected chi connectivity index (χ2v) is 8.44. The van der Waals surface area contributed by atoms with Gasteiger partial charge in [-0.3, -0.25) is 14.5 Å². The summed E-state index contributed by atoms with van der Waals surface area (Å²) in [6, 6.07) is 20.9. The van der Waals surface area contributed by atoms with Gasteiger partial charge >= 0.3 is 0 Å². The van der Waals surface area contributed by atoms with Gasteiger partial charge in [0.2, 0.25) is 5.78 Å². The third-order valence-corrected chi connectivity index (χ3v) is 6.00. The summed E-state index contributed by atoms with van der Waals surface area (Å²) >= 11 is 0. The molecule has 170 valence electrons. The van der Waals surface area contributed by atoms with Crippen LogP contribution in [0.5, 0.6) is 5.75 Å². The number of carbonyl (C=O) groups excluding carboxylic acids is 2. The summed E-state index contributed by atoms with van der Waals surface area (Å²) < 4.78 is 11.2. The number of benzene rings is 3. The summed E-state index contributed by atoms with van der Waals surface area (Å²) in [7, 11) is 1.55. The fourth-order valence-corrected chi connectivity index (χ4v) is 4.55. The van der Waals surface area contributed by atoms with E-state index in [-0.39, 0.29) is 11.3 Å². The van der Waals surface area contributed by atoms with Crippen LogP contribution in [-0.2, 0) is 4.79 Å². The molecule has 34 heavy (non-hydrogen) atoms. The van der Waals surface area contributed by atoms with Gasteiger partial charge in [-0.1, -0.05) is 36.4 Å². The molecule has 1 atom stereocenters. The Morgan fingerprint density at radius 1 is 0.971 bits per heavy atom. The summed E-state index contributed by atoms with van der Waals surface area (Å²) in [5.74, 6) is -1.13. The van der Waals surface area contributed by atoms with E-state index < -0.39 is 23.5 Å². The number of methoxy groups -OCH3 is 1. The Bertz CT molecular complexity index is 1430. The van der Waals surface area contributed by atoms with Crippen molar-refractivity contribution < 1.29 is 23.8 Å². The summed E-state index contributed by atoms with van der Waals surface area (Å²) in [5, 5.41) is 11.8. The molecule has 2 heterocycles. The number of hydrogen-bond donors (Lipinski definition) is 1. The molecule has 1 aliphatic rings. The maximum absolute atomic E-state index is 13.7. The zero-order valence-electron chi connectivity index (χ0n) is 19.0. The molecule has 5 rings (SSSR count). The smallest absolute Gasteiger partial charge is 0.294 e. The van der Waals surface area contributed by atoms with E-state index >= 15 is 0 Å². The van der Waals surface area contributed by atoms with Crippen LogP contribution in [0.1, 0.15) is 33.3 Å². The molecule has 0 spiro atoms. The molecule has 0 radical (unpaired) electrons. The molecular weight excluding hydrogens is 430 g/mol. The maximum atomic E-state index is 13.7. The number of ketones is 1. The van der Waals surface area contributed by atoms with Gasteiger partial charge in [0, 0.05) is 11.1 Å². The van der Waals surface area contributed by atoms with Crippen molar-refractivity contribution in [3.8, 4) is 5.75 Å². The second kappa shape index (κ2) is 8.23. The van der Waals surface area contributed by atoms with E-state index in [4.69, 9.17) is 9.15 Å². The van der Waals surface area contributed by atoms with E-state index in [1.165, 1.54) is 4.90 Å². The minimum absolute atomic E-state index is 0.0310. The van der Waals surface area contributed by atoms with E-state index in [1.54, 1.807) is 43.5 Å². The number of rotatable bonds is 5. The van der Waals surface area contributed by atoms with Crippen LogP contribution in [0.2, 0.25) is 0 Å². The molecule has 6 heteroatoms. The van der Waals surface area contributed by atoms with Gasteiger partial charge in [0.05, 0.1) is 18.7 Å². The first-order valence-electron chi connectivity index (χ1n) is 10.9. The van der Waals surface area contributed by atoms with Crippen LogP contribution in [0.4, 0.5) is 5.69 Å². The monoisotopic (exact) mass is 453 g/mol. The molecule has 0 fully saturated rings. The lowest BCUT2D eigenvalue weighted by atomic mass is 9.94. The van der Waals surface area contributed by atoms with Crippen molar-refractivity contribution in [1.29, 1.82) is 0 Å². The Kier molecular flexibility index (Phi) is 5.21. The van der Waals surface area contributed by atoms with Gasteiger partial charge in [0.15, 0.2) is 11.5 Å². The summed E-state index contributed by atoms with van der Waals surface area (Å²) in [6.07, 6.45) is 0. The highest BCUT2D eigenvalue weighted by Gasteiger charge is 2.45. The van der Waals surface area contributed by atoms with Crippen LogP contribution < -0.4 is 9.64 Å². The van der Waals surface area contributed by atoms with Gasteiger partial charge in [-0.15, -0.1) is 0 Å². The Morgan fingerprint density at radius 3 is 2.41 bits per heavy atom. The van der Waals surface area contributed by atoms with E-state index in [2.05, 4.69) is 0 Å². The average Bonchev–Trinajstić information content (AvgIpc) is 3.37. The Labute approximate surface area is 196 Å². The van der Waals surface area contributed by atoms with Crippen molar-refractivity contribution in [3.05, 3.63) is 107 Å². The van der Waals surface area contributed by atoms with Crippen molar-refractivity contribution in [2.75, 3.05) is 12.0 Å². The van der Waals surface area contributed by atoms with E-state index in [0.29, 0.717) is 22.6 Å². The standard InChI is InChI=1S/C28H23NO5/c1-16-11-17(2)13-20(12-16)29-25(19-8-6-9-21(14-19)33-3)24(27(31)28(29)32)26(30)23-15-18-7-4-5-10-22(18)34-23/h4-15,25,31H,1-3H3. The Balaban J connectivity index is 1.69. The minimum atomic E-state index is -0.857. The van der Waals surface area contributed by atoms with Crippen LogP contribution in [0.25, 0.3) is 11.0 Å². The Hall–Kier alpha value is -4.32. The predicted molar refractivity (Wildman–Crippen MR) is 129 cm³/mol. The second-order valence-electron chi connectivity index (χ2n) is 8.44. The normalized spacial score (nSPS) is 15.9. The van der Waals surface area contributed by atoms with Gasteiger partial charge < -0.3 is 14.3 Å². The molecule has 0 saturated carbocycles. The molecule has 0 bridgehead atoms. The molecule has 3 aromatic carbocycles. The third kappa shape index (κ3) is 3.53. The maximum Gasteiger partial charge on any atom is 0.294 e. The summed E-state index contributed by atoms with van der Waals surface area (Å²) in [4.78, 5) is 28.5. The topological polar surface area (TPSA) is 80.0 Å². The lowest BCUT2D eigenvalue weighted by molar-refractivity contribution is -0.117. The summed E-state index contributed by atoms with van der Waals surface area (Å²) in [5.41, 5.74) is 3.67. The highest BCUT2D eigenvalue weighted by atomic mass is 16.5. The molecule has 1 aliphatic heterocycles. The Morgan fingerprint density at radius 2 is 1.71 bits per heavy atom. The number of anilines is 1. The molecule has 1 unspecified atom stereocenters. The number of hydrogen-bond acceptors (Lipinski definition) is 5. The number of carbonyl (C=O) groups is 2. The predicted octanol–water partition coefficient (Wildman–Crippen LogP) is 5.84. The number of Topliss-reactive ketones (excluding diaryl/α,β-unsaturated/α-hetero) is 1. The SMILES string of the molecule is COc1cccc(C2C(C(=O)c3cc4ccccc4o3)=C(O)C(=O)N2c2cc(C)cc(C)c2)c1. The molecular formula is C28H23NO5. The van der Waals surface area contributed by atoms with Crippen molar-refractivity contribution in [3.63, 3.8) is 0 Å². The molecule has 6 nitrogen and oxygen atoms in total. The van der Waals surface area contributed by atoms with Gasteiger partial charge in [0.1, 0.15) is 11.3 Å². The van der Waals surface area contributed by atoms with Crippen molar-refractivity contribution in [1.82, 2.24) is 0 Å². The first-order valence-corrected chi connectivity index (χ1v) is 10.9. The van der Waals surface area contributed by atoms with Crippen LogP contribution in [-0.4, -0.2) is 23.9 Å². The number of aryl methyl sites for hydroxylation is 2. The highest BCUT2D eigenvalue weighted by Crippen LogP contribution is 2.43. The zero-order valence-corrected chi connectivity index (χ0v) is 19.0. The number of ether oxygens (including phenoxy) is 1. The molecule has 1 amide bonds. The third-order valence-electron chi connectivity index (χ3n) is 6.00. The first-order chi connectivity index (χ1) is 16.4. The zero-order chi connectivity index (χ0) is 24.0.